The molecule has 0 atom stereocenters. The van der Waals surface area contributed by atoms with E-state index in [1.54, 1.807) is 71.6 Å². The lowest BCUT2D eigenvalue weighted by molar-refractivity contribution is -0.384. The first-order valence-corrected chi connectivity index (χ1v) is 13.2. The summed E-state index contributed by atoms with van der Waals surface area (Å²) < 4.78 is 6.02. The SMILES string of the molecule is O=C1/C(=C/c2ccccc2OCc2ccc([N+](=O)[O-])cc2)SC(=Nc2ccc(Cl)cc2)N1c1ccc(Cl)cc1. The Labute approximate surface area is 238 Å². The summed E-state index contributed by atoms with van der Waals surface area (Å²) in [4.78, 5) is 30.8. The fourth-order valence-electron chi connectivity index (χ4n) is 3.74. The van der Waals surface area contributed by atoms with E-state index < -0.39 is 4.92 Å². The molecule has 1 aliphatic heterocycles. The molecule has 0 saturated carbocycles. The van der Waals surface area contributed by atoms with Crippen molar-refractivity contribution in [2.75, 3.05) is 4.90 Å². The highest BCUT2D eigenvalue weighted by molar-refractivity contribution is 8.19. The molecule has 4 aromatic rings. The predicted octanol–water partition coefficient (Wildman–Crippen LogP) is 8.29. The average molecular weight is 576 g/mol. The van der Waals surface area contributed by atoms with Crippen molar-refractivity contribution in [3.05, 3.63) is 133 Å². The molecule has 0 bridgehead atoms. The first-order chi connectivity index (χ1) is 18.9. The molecule has 5 rings (SSSR count). The predicted molar refractivity (Wildman–Crippen MR) is 157 cm³/mol. The lowest BCUT2D eigenvalue weighted by Crippen LogP contribution is -2.28. The number of hydrogen-bond acceptors (Lipinski definition) is 6. The van der Waals surface area contributed by atoms with Crippen LogP contribution in [0, 0.1) is 10.1 Å². The number of amidine groups is 1. The third kappa shape index (κ3) is 6.31. The van der Waals surface area contributed by atoms with Crippen molar-refractivity contribution in [1.82, 2.24) is 0 Å². The highest BCUT2D eigenvalue weighted by Gasteiger charge is 2.35. The number of nitrogens with zero attached hydrogens (tertiary/aromatic N) is 3. The van der Waals surface area contributed by atoms with E-state index in [1.165, 1.54) is 23.9 Å². The number of carbonyl (C=O) groups is 1. The molecule has 4 aromatic carbocycles. The number of para-hydroxylation sites is 1. The molecule has 10 heteroatoms. The number of non-ortho nitro benzene ring substituents is 1. The molecule has 0 unspecified atom stereocenters. The Hall–Kier alpha value is -4.11. The molecular formula is C29H19Cl2N3O4S. The highest BCUT2D eigenvalue weighted by atomic mass is 35.5. The number of nitro groups is 1. The summed E-state index contributed by atoms with van der Waals surface area (Å²) in [5, 5.41) is 12.5. The van der Waals surface area contributed by atoms with Crippen LogP contribution in [-0.4, -0.2) is 16.0 Å². The molecular weight excluding hydrogens is 557 g/mol. The zero-order valence-electron chi connectivity index (χ0n) is 20.2. The molecule has 1 saturated heterocycles. The van der Waals surface area contributed by atoms with Crippen molar-refractivity contribution in [3.8, 4) is 5.75 Å². The van der Waals surface area contributed by atoms with Crippen LogP contribution >= 0.6 is 35.0 Å². The number of ether oxygens (including phenoxy) is 1. The Bertz CT molecular complexity index is 1590. The number of hydrogen-bond donors (Lipinski definition) is 0. The molecule has 0 aliphatic carbocycles. The van der Waals surface area contributed by atoms with Gasteiger partial charge in [-0.05, 0) is 90.1 Å². The molecule has 1 heterocycles. The van der Waals surface area contributed by atoms with E-state index in [9.17, 15) is 14.9 Å². The quantitative estimate of drug-likeness (QED) is 0.126. The largest absolute Gasteiger partial charge is 0.488 e. The van der Waals surface area contributed by atoms with Gasteiger partial charge in [0.15, 0.2) is 5.17 Å². The maximum absolute atomic E-state index is 13.6. The molecule has 39 heavy (non-hydrogen) atoms. The van der Waals surface area contributed by atoms with Crippen LogP contribution in [0.15, 0.2) is 107 Å². The van der Waals surface area contributed by atoms with Gasteiger partial charge in [0.05, 0.1) is 21.2 Å². The Morgan fingerprint density at radius 3 is 2.21 bits per heavy atom. The molecule has 194 valence electrons. The Morgan fingerprint density at radius 1 is 0.897 bits per heavy atom. The van der Waals surface area contributed by atoms with Crippen molar-refractivity contribution in [3.63, 3.8) is 0 Å². The van der Waals surface area contributed by atoms with Gasteiger partial charge < -0.3 is 4.74 Å². The van der Waals surface area contributed by atoms with Crippen molar-refractivity contribution < 1.29 is 14.5 Å². The second kappa shape index (κ2) is 11.7. The van der Waals surface area contributed by atoms with Crippen LogP contribution in [0.25, 0.3) is 6.08 Å². The van der Waals surface area contributed by atoms with Gasteiger partial charge in [-0.3, -0.25) is 19.8 Å². The van der Waals surface area contributed by atoms with E-state index in [1.807, 2.05) is 24.3 Å². The smallest absolute Gasteiger partial charge is 0.271 e. The molecule has 7 nitrogen and oxygen atoms in total. The third-order valence-electron chi connectivity index (χ3n) is 5.69. The normalized spacial score (nSPS) is 15.2. The standard InChI is InChI=1S/C29H19Cl2N3O4S/c30-21-7-11-23(12-8-21)32-29-33(24-15-9-22(31)10-16-24)28(35)27(39-29)17-20-3-1-2-4-26(20)38-18-19-5-13-25(14-6-19)34(36)37/h1-17H,18H2/b27-17-,32-29?. The average Bonchev–Trinajstić information content (AvgIpc) is 3.24. The minimum atomic E-state index is -0.444. The summed E-state index contributed by atoms with van der Waals surface area (Å²) >= 11 is 13.4. The fourth-order valence-corrected chi connectivity index (χ4v) is 4.98. The molecule has 1 aliphatic rings. The molecule has 1 fully saturated rings. The van der Waals surface area contributed by atoms with E-state index in [0.29, 0.717) is 42.8 Å². The van der Waals surface area contributed by atoms with Gasteiger partial charge >= 0.3 is 0 Å². The summed E-state index contributed by atoms with van der Waals surface area (Å²) in [5.74, 6) is 0.332. The molecule has 0 spiro atoms. The van der Waals surface area contributed by atoms with Gasteiger partial charge in [-0.25, -0.2) is 4.99 Å². The summed E-state index contributed by atoms with van der Waals surface area (Å²) in [5.41, 5.74) is 2.79. The summed E-state index contributed by atoms with van der Waals surface area (Å²) in [6, 6.07) is 27.5. The number of carbonyl (C=O) groups excluding carboxylic acids is 1. The number of aliphatic imine (C=N–C) groups is 1. The van der Waals surface area contributed by atoms with Gasteiger partial charge in [-0.1, -0.05) is 41.4 Å². The van der Waals surface area contributed by atoms with Crippen LogP contribution in [0.1, 0.15) is 11.1 Å². The Balaban J connectivity index is 1.44. The topological polar surface area (TPSA) is 85.0 Å². The Kier molecular flexibility index (Phi) is 7.97. The minimum absolute atomic E-state index is 0.0157. The summed E-state index contributed by atoms with van der Waals surface area (Å²) in [6.45, 7) is 0.208. The van der Waals surface area contributed by atoms with Crippen LogP contribution in [0.2, 0.25) is 10.0 Å². The number of halogens is 2. The molecule has 1 amide bonds. The third-order valence-corrected chi connectivity index (χ3v) is 7.16. The lowest BCUT2D eigenvalue weighted by Gasteiger charge is -2.15. The number of thioether (sulfide) groups is 1. The van der Waals surface area contributed by atoms with E-state index in [2.05, 4.69) is 0 Å². The van der Waals surface area contributed by atoms with E-state index in [4.69, 9.17) is 32.9 Å². The first-order valence-electron chi connectivity index (χ1n) is 11.7. The fraction of sp³-hybridized carbons (Fsp3) is 0.0345. The van der Waals surface area contributed by atoms with Crippen molar-refractivity contribution in [1.29, 1.82) is 0 Å². The highest BCUT2D eigenvalue weighted by Crippen LogP contribution is 2.38. The van der Waals surface area contributed by atoms with Gasteiger partial charge in [0.1, 0.15) is 12.4 Å². The minimum Gasteiger partial charge on any atom is -0.488 e. The van der Waals surface area contributed by atoms with Gasteiger partial charge in [0.2, 0.25) is 0 Å². The number of anilines is 1. The first kappa shape index (κ1) is 26.5. The number of benzene rings is 4. The van der Waals surface area contributed by atoms with Crippen LogP contribution < -0.4 is 9.64 Å². The molecule has 0 N–H and O–H groups in total. The van der Waals surface area contributed by atoms with Crippen LogP contribution in [0.3, 0.4) is 0 Å². The van der Waals surface area contributed by atoms with Gasteiger partial charge in [-0.2, -0.15) is 0 Å². The van der Waals surface area contributed by atoms with Gasteiger partial charge in [0.25, 0.3) is 11.6 Å². The number of rotatable bonds is 7. The van der Waals surface area contributed by atoms with Gasteiger partial charge in [0, 0.05) is 27.7 Å². The summed E-state index contributed by atoms with van der Waals surface area (Å²) in [6.07, 6.45) is 1.77. The lowest BCUT2D eigenvalue weighted by atomic mass is 10.1. The van der Waals surface area contributed by atoms with Crippen LogP contribution in [-0.2, 0) is 11.4 Å². The molecule has 0 aromatic heterocycles. The van der Waals surface area contributed by atoms with E-state index in [-0.39, 0.29) is 18.2 Å². The van der Waals surface area contributed by atoms with Crippen molar-refractivity contribution in [2.45, 2.75) is 6.61 Å². The van der Waals surface area contributed by atoms with E-state index in [0.717, 1.165) is 5.56 Å². The summed E-state index contributed by atoms with van der Waals surface area (Å²) in [7, 11) is 0. The zero-order valence-corrected chi connectivity index (χ0v) is 22.5. The number of nitro benzene ring substituents is 1. The number of amides is 1. The van der Waals surface area contributed by atoms with Crippen molar-refractivity contribution >= 4 is 69.2 Å². The second-order valence-corrected chi connectivity index (χ2v) is 10.2. The maximum Gasteiger partial charge on any atom is 0.271 e. The maximum atomic E-state index is 13.6. The van der Waals surface area contributed by atoms with Gasteiger partial charge in [-0.15, -0.1) is 0 Å². The molecule has 0 radical (unpaired) electrons. The van der Waals surface area contributed by atoms with E-state index >= 15 is 0 Å². The zero-order chi connectivity index (χ0) is 27.4. The monoisotopic (exact) mass is 575 g/mol. The Morgan fingerprint density at radius 2 is 1.54 bits per heavy atom. The van der Waals surface area contributed by atoms with Crippen LogP contribution in [0.5, 0.6) is 5.75 Å². The second-order valence-electron chi connectivity index (χ2n) is 8.35. The van der Waals surface area contributed by atoms with Crippen LogP contribution in [0.4, 0.5) is 17.1 Å². The van der Waals surface area contributed by atoms with Crippen molar-refractivity contribution in [2.24, 2.45) is 4.99 Å².